The van der Waals surface area contributed by atoms with Crippen molar-refractivity contribution < 1.29 is 9.90 Å². The van der Waals surface area contributed by atoms with Crippen LogP contribution in [0.1, 0.15) is 6.42 Å². The SMILES string of the molecule is C=CCN1C=CCC(C(=O)O)C1. The first-order valence-electron chi connectivity index (χ1n) is 3.98. The third kappa shape index (κ3) is 2.12. The zero-order valence-electron chi connectivity index (χ0n) is 6.94. The van der Waals surface area contributed by atoms with Crippen LogP contribution in [0.5, 0.6) is 0 Å². The van der Waals surface area contributed by atoms with Gasteiger partial charge in [0.05, 0.1) is 5.92 Å². The topological polar surface area (TPSA) is 40.5 Å². The number of rotatable bonds is 3. The summed E-state index contributed by atoms with van der Waals surface area (Å²) in [6.07, 6.45) is 6.24. The van der Waals surface area contributed by atoms with Crippen molar-refractivity contribution in [2.24, 2.45) is 5.92 Å². The lowest BCUT2D eigenvalue weighted by molar-refractivity contribution is -0.142. The molecular formula is C9H13NO2. The van der Waals surface area contributed by atoms with Crippen LogP contribution in [0.15, 0.2) is 24.9 Å². The molecule has 1 aliphatic rings. The van der Waals surface area contributed by atoms with E-state index in [0.29, 0.717) is 13.0 Å². The van der Waals surface area contributed by atoms with Gasteiger partial charge < -0.3 is 10.0 Å². The summed E-state index contributed by atoms with van der Waals surface area (Å²) in [5.74, 6) is -0.969. The lowest BCUT2D eigenvalue weighted by Gasteiger charge is -2.26. The Hall–Kier alpha value is -1.25. The van der Waals surface area contributed by atoms with Gasteiger partial charge in [0, 0.05) is 13.1 Å². The molecule has 12 heavy (non-hydrogen) atoms. The Labute approximate surface area is 72.0 Å². The van der Waals surface area contributed by atoms with Crippen molar-refractivity contribution in [3.8, 4) is 0 Å². The van der Waals surface area contributed by atoms with Gasteiger partial charge in [0.15, 0.2) is 0 Å². The fourth-order valence-corrected chi connectivity index (χ4v) is 1.27. The summed E-state index contributed by atoms with van der Waals surface area (Å²) in [6, 6.07) is 0. The molecule has 1 rings (SSSR count). The summed E-state index contributed by atoms with van der Waals surface area (Å²) in [7, 11) is 0. The zero-order valence-corrected chi connectivity index (χ0v) is 6.94. The van der Waals surface area contributed by atoms with Gasteiger partial charge >= 0.3 is 5.97 Å². The molecule has 3 nitrogen and oxygen atoms in total. The second kappa shape index (κ2) is 3.95. The first kappa shape index (κ1) is 8.84. The molecule has 0 aromatic rings. The van der Waals surface area contributed by atoms with E-state index < -0.39 is 5.97 Å². The minimum Gasteiger partial charge on any atom is -0.481 e. The molecule has 0 radical (unpaired) electrons. The Bertz CT molecular complexity index is 211. The van der Waals surface area contributed by atoms with Gasteiger partial charge in [0.2, 0.25) is 0 Å². The van der Waals surface area contributed by atoms with Gasteiger partial charge in [0.25, 0.3) is 0 Å². The van der Waals surface area contributed by atoms with Gasteiger partial charge in [0.1, 0.15) is 0 Å². The maximum absolute atomic E-state index is 10.6. The van der Waals surface area contributed by atoms with E-state index >= 15 is 0 Å². The van der Waals surface area contributed by atoms with Crippen molar-refractivity contribution in [2.75, 3.05) is 13.1 Å². The highest BCUT2D eigenvalue weighted by Crippen LogP contribution is 2.13. The Morgan fingerprint density at radius 3 is 3.17 bits per heavy atom. The van der Waals surface area contributed by atoms with Crippen LogP contribution in [-0.2, 0) is 4.79 Å². The van der Waals surface area contributed by atoms with E-state index in [9.17, 15) is 4.79 Å². The van der Waals surface area contributed by atoms with E-state index in [1.54, 1.807) is 6.08 Å². The largest absolute Gasteiger partial charge is 0.481 e. The number of hydrogen-bond acceptors (Lipinski definition) is 2. The van der Waals surface area contributed by atoms with E-state index in [0.717, 1.165) is 6.54 Å². The lowest BCUT2D eigenvalue weighted by atomic mass is 10.0. The minimum absolute atomic E-state index is 0.255. The second-order valence-electron chi connectivity index (χ2n) is 2.90. The number of hydrogen-bond donors (Lipinski definition) is 1. The number of aliphatic carboxylic acids is 1. The van der Waals surface area contributed by atoms with E-state index in [4.69, 9.17) is 5.11 Å². The quantitative estimate of drug-likeness (QED) is 0.640. The number of nitrogens with zero attached hydrogens (tertiary/aromatic N) is 1. The van der Waals surface area contributed by atoms with Gasteiger partial charge in [-0.05, 0) is 12.6 Å². The smallest absolute Gasteiger partial charge is 0.308 e. The molecule has 0 aliphatic carbocycles. The van der Waals surface area contributed by atoms with Crippen molar-refractivity contribution in [3.63, 3.8) is 0 Å². The summed E-state index contributed by atoms with van der Waals surface area (Å²) in [5, 5.41) is 8.74. The van der Waals surface area contributed by atoms with E-state index in [1.165, 1.54) is 0 Å². The van der Waals surface area contributed by atoms with Crippen LogP contribution >= 0.6 is 0 Å². The van der Waals surface area contributed by atoms with Crippen LogP contribution in [-0.4, -0.2) is 29.1 Å². The molecule has 1 heterocycles. The second-order valence-corrected chi connectivity index (χ2v) is 2.90. The molecule has 3 heteroatoms. The Kier molecular flexibility index (Phi) is 2.91. The normalized spacial score (nSPS) is 22.3. The third-order valence-corrected chi connectivity index (χ3v) is 1.90. The van der Waals surface area contributed by atoms with Crippen molar-refractivity contribution >= 4 is 5.97 Å². The van der Waals surface area contributed by atoms with E-state index in [-0.39, 0.29) is 5.92 Å². The van der Waals surface area contributed by atoms with Crippen molar-refractivity contribution in [2.45, 2.75) is 6.42 Å². The summed E-state index contributed by atoms with van der Waals surface area (Å²) in [4.78, 5) is 12.6. The van der Waals surface area contributed by atoms with Crippen LogP contribution in [0.2, 0.25) is 0 Å². The molecule has 0 saturated carbocycles. The maximum atomic E-state index is 10.6. The highest BCUT2D eigenvalue weighted by atomic mass is 16.4. The van der Waals surface area contributed by atoms with Crippen LogP contribution in [0.4, 0.5) is 0 Å². The van der Waals surface area contributed by atoms with Crippen LogP contribution in [0, 0.1) is 5.92 Å². The van der Waals surface area contributed by atoms with Crippen LogP contribution in [0.25, 0.3) is 0 Å². The van der Waals surface area contributed by atoms with Gasteiger partial charge in [-0.15, -0.1) is 6.58 Å². The van der Waals surface area contributed by atoms with Gasteiger partial charge in [-0.3, -0.25) is 4.79 Å². The fraction of sp³-hybridized carbons (Fsp3) is 0.444. The molecule has 1 atom stereocenters. The molecule has 0 saturated heterocycles. The first-order valence-corrected chi connectivity index (χ1v) is 3.98. The highest BCUT2D eigenvalue weighted by Gasteiger charge is 2.20. The predicted octanol–water partition coefficient (Wildman–Crippen LogP) is 1.09. The number of carboxylic acids is 1. The Morgan fingerprint density at radius 1 is 1.83 bits per heavy atom. The van der Waals surface area contributed by atoms with Crippen molar-refractivity contribution in [1.29, 1.82) is 0 Å². The van der Waals surface area contributed by atoms with Gasteiger partial charge in [-0.25, -0.2) is 0 Å². The molecule has 0 bridgehead atoms. The summed E-state index contributed by atoms with van der Waals surface area (Å²) in [6.45, 7) is 4.92. The zero-order chi connectivity index (χ0) is 8.97. The minimum atomic E-state index is -0.714. The summed E-state index contributed by atoms with van der Waals surface area (Å²) >= 11 is 0. The monoisotopic (exact) mass is 167 g/mol. The van der Waals surface area contributed by atoms with Crippen molar-refractivity contribution in [3.05, 3.63) is 24.9 Å². The van der Waals surface area contributed by atoms with Crippen LogP contribution in [0.3, 0.4) is 0 Å². The Balaban J connectivity index is 2.50. The van der Waals surface area contributed by atoms with Gasteiger partial charge in [-0.2, -0.15) is 0 Å². The fourth-order valence-electron chi connectivity index (χ4n) is 1.27. The molecule has 1 unspecified atom stereocenters. The number of carbonyl (C=O) groups is 1. The molecule has 0 aromatic carbocycles. The predicted molar refractivity (Wildman–Crippen MR) is 46.7 cm³/mol. The van der Waals surface area contributed by atoms with Crippen molar-refractivity contribution in [1.82, 2.24) is 4.90 Å². The molecule has 1 aliphatic heterocycles. The van der Waals surface area contributed by atoms with Gasteiger partial charge in [-0.1, -0.05) is 12.2 Å². The highest BCUT2D eigenvalue weighted by molar-refractivity contribution is 5.70. The van der Waals surface area contributed by atoms with Crippen LogP contribution < -0.4 is 0 Å². The van der Waals surface area contributed by atoms with E-state index in [2.05, 4.69) is 6.58 Å². The molecule has 0 spiro atoms. The molecule has 0 fully saturated rings. The molecule has 66 valence electrons. The molecule has 1 N–H and O–H groups in total. The average Bonchev–Trinajstić information content (AvgIpc) is 2.05. The molecule has 0 amide bonds. The summed E-state index contributed by atoms with van der Waals surface area (Å²) in [5.41, 5.74) is 0. The number of carboxylic acid groups (broad SMARTS) is 1. The Morgan fingerprint density at radius 2 is 2.58 bits per heavy atom. The third-order valence-electron chi connectivity index (χ3n) is 1.90. The average molecular weight is 167 g/mol. The standard InChI is InChI=1S/C9H13NO2/c1-2-5-10-6-3-4-8(7-10)9(11)12/h2-3,6,8H,1,4-5,7H2,(H,11,12). The number of allylic oxidation sites excluding steroid dienone is 1. The molecular weight excluding hydrogens is 154 g/mol. The first-order chi connectivity index (χ1) is 5.74. The maximum Gasteiger partial charge on any atom is 0.308 e. The summed E-state index contributed by atoms with van der Waals surface area (Å²) < 4.78 is 0. The lowest BCUT2D eigenvalue weighted by Crippen LogP contribution is -2.32. The molecule has 0 aromatic heterocycles. The van der Waals surface area contributed by atoms with E-state index in [1.807, 2.05) is 17.2 Å².